The van der Waals surface area contributed by atoms with Crippen LogP contribution >= 0.6 is 0 Å². The molecule has 0 spiro atoms. The molecule has 0 aromatic heterocycles. The second-order valence-electron chi connectivity index (χ2n) is 5.41. The summed E-state index contributed by atoms with van der Waals surface area (Å²) < 4.78 is 5.66. The van der Waals surface area contributed by atoms with Crippen LogP contribution in [0.15, 0.2) is 24.3 Å². The molecule has 98 valence electrons. The molecule has 1 aliphatic carbocycles. The molecule has 1 fully saturated rings. The van der Waals surface area contributed by atoms with E-state index in [4.69, 9.17) is 4.74 Å². The highest BCUT2D eigenvalue weighted by molar-refractivity contribution is 5.31. The van der Waals surface area contributed by atoms with E-state index in [1.165, 1.54) is 24.0 Å². The summed E-state index contributed by atoms with van der Waals surface area (Å²) in [7, 11) is 0. The summed E-state index contributed by atoms with van der Waals surface area (Å²) in [6.07, 6.45) is 3.53. The van der Waals surface area contributed by atoms with Gasteiger partial charge in [0.2, 0.25) is 0 Å². The van der Waals surface area contributed by atoms with Crippen molar-refractivity contribution in [1.82, 2.24) is 5.32 Å². The molecule has 0 bridgehead atoms. The van der Waals surface area contributed by atoms with Gasteiger partial charge in [-0.2, -0.15) is 0 Å². The standard InChI is InChI=1S/C15H21NO2/c17-8-11-5-3-7-14(11)16-15-10-18-9-12-4-1-2-6-13(12)15/h1-2,4,6,11,14-17H,3,5,7-10H2. The minimum Gasteiger partial charge on any atom is -0.396 e. The molecule has 1 heterocycles. The number of aliphatic hydroxyl groups is 1. The van der Waals surface area contributed by atoms with Gasteiger partial charge in [-0.1, -0.05) is 30.7 Å². The van der Waals surface area contributed by atoms with E-state index in [0.717, 1.165) is 19.6 Å². The number of benzene rings is 1. The summed E-state index contributed by atoms with van der Waals surface area (Å²) in [6.45, 7) is 1.76. The molecule has 2 N–H and O–H groups in total. The van der Waals surface area contributed by atoms with Gasteiger partial charge in [0.1, 0.15) is 0 Å². The quantitative estimate of drug-likeness (QED) is 0.858. The lowest BCUT2D eigenvalue weighted by molar-refractivity contribution is 0.0740. The summed E-state index contributed by atoms with van der Waals surface area (Å²) in [5, 5.41) is 13.1. The summed E-state index contributed by atoms with van der Waals surface area (Å²) in [5.41, 5.74) is 2.66. The lowest BCUT2D eigenvalue weighted by atomic mass is 9.96. The van der Waals surface area contributed by atoms with Gasteiger partial charge >= 0.3 is 0 Å². The number of nitrogens with one attached hydrogen (secondary N) is 1. The van der Waals surface area contributed by atoms with Crippen molar-refractivity contribution in [3.8, 4) is 0 Å². The van der Waals surface area contributed by atoms with Crippen molar-refractivity contribution in [2.45, 2.75) is 38.0 Å². The molecule has 3 atom stereocenters. The third-order valence-electron chi connectivity index (χ3n) is 4.28. The average Bonchev–Trinajstić information content (AvgIpc) is 2.86. The van der Waals surface area contributed by atoms with Crippen molar-refractivity contribution in [3.05, 3.63) is 35.4 Å². The van der Waals surface area contributed by atoms with Crippen LogP contribution in [0.3, 0.4) is 0 Å². The molecule has 0 amide bonds. The molecule has 0 radical (unpaired) electrons. The molecular formula is C15H21NO2. The molecule has 1 saturated carbocycles. The fourth-order valence-corrected chi connectivity index (χ4v) is 3.25. The van der Waals surface area contributed by atoms with Gasteiger partial charge in [-0.15, -0.1) is 0 Å². The van der Waals surface area contributed by atoms with E-state index in [2.05, 4.69) is 29.6 Å². The van der Waals surface area contributed by atoms with Gasteiger partial charge in [0.05, 0.1) is 19.3 Å². The minimum absolute atomic E-state index is 0.284. The molecule has 3 nitrogen and oxygen atoms in total. The lowest BCUT2D eigenvalue weighted by Crippen LogP contribution is -2.40. The van der Waals surface area contributed by atoms with Crippen molar-refractivity contribution in [2.24, 2.45) is 5.92 Å². The zero-order valence-corrected chi connectivity index (χ0v) is 10.6. The Morgan fingerprint density at radius 2 is 2.17 bits per heavy atom. The first kappa shape index (κ1) is 12.2. The summed E-state index contributed by atoms with van der Waals surface area (Å²) in [5.74, 6) is 0.416. The van der Waals surface area contributed by atoms with Gasteiger partial charge in [0.25, 0.3) is 0 Å². The maximum atomic E-state index is 9.39. The SMILES string of the molecule is OCC1CCCC1NC1COCc2ccccc21. The van der Waals surface area contributed by atoms with Gasteiger partial charge in [0, 0.05) is 12.6 Å². The number of hydrogen-bond donors (Lipinski definition) is 2. The molecule has 18 heavy (non-hydrogen) atoms. The lowest BCUT2D eigenvalue weighted by Gasteiger charge is -2.31. The van der Waals surface area contributed by atoms with E-state index < -0.39 is 0 Å². The zero-order chi connectivity index (χ0) is 12.4. The maximum Gasteiger partial charge on any atom is 0.0721 e. The molecule has 3 rings (SSSR count). The number of fused-ring (bicyclic) bond motifs is 1. The molecule has 3 heteroatoms. The topological polar surface area (TPSA) is 41.5 Å². The van der Waals surface area contributed by atoms with E-state index in [-0.39, 0.29) is 6.04 Å². The van der Waals surface area contributed by atoms with Crippen LogP contribution in [0.25, 0.3) is 0 Å². The highest BCUT2D eigenvalue weighted by atomic mass is 16.5. The van der Waals surface area contributed by atoms with Crippen molar-refractivity contribution in [1.29, 1.82) is 0 Å². The Morgan fingerprint density at radius 1 is 1.28 bits per heavy atom. The fraction of sp³-hybridized carbons (Fsp3) is 0.600. The Labute approximate surface area is 108 Å². The van der Waals surface area contributed by atoms with Gasteiger partial charge < -0.3 is 15.2 Å². The maximum absolute atomic E-state index is 9.39. The summed E-state index contributed by atoms with van der Waals surface area (Å²) in [6, 6.07) is 9.22. The number of hydrogen-bond acceptors (Lipinski definition) is 3. The molecule has 0 saturated heterocycles. The van der Waals surface area contributed by atoms with Crippen LogP contribution in [0.5, 0.6) is 0 Å². The third-order valence-corrected chi connectivity index (χ3v) is 4.28. The van der Waals surface area contributed by atoms with Gasteiger partial charge in [-0.3, -0.25) is 0 Å². The monoisotopic (exact) mass is 247 g/mol. The Morgan fingerprint density at radius 3 is 3.06 bits per heavy atom. The van der Waals surface area contributed by atoms with Gasteiger partial charge in [0.15, 0.2) is 0 Å². The Balaban J connectivity index is 1.74. The van der Waals surface area contributed by atoms with E-state index in [1.54, 1.807) is 0 Å². The molecule has 1 aromatic rings. The smallest absolute Gasteiger partial charge is 0.0721 e. The van der Waals surface area contributed by atoms with E-state index >= 15 is 0 Å². The minimum atomic E-state index is 0.284. The molecule has 1 aromatic carbocycles. The first-order chi connectivity index (χ1) is 8.88. The van der Waals surface area contributed by atoms with E-state index in [9.17, 15) is 5.11 Å². The van der Waals surface area contributed by atoms with Crippen molar-refractivity contribution in [2.75, 3.05) is 13.2 Å². The average molecular weight is 247 g/mol. The summed E-state index contributed by atoms with van der Waals surface area (Å²) in [4.78, 5) is 0. The zero-order valence-electron chi connectivity index (χ0n) is 10.6. The number of ether oxygens (including phenoxy) is 1. The predicted octanol–water partition coefficient (Wildman–Crippen LogP) is 2.01. The highest BCUT2D eigenvalue weighted by Crippen LogP contribution is 2.30. The normalized spacial score (nSPS) is 31.3. The third kappa shape index (κ3) is 2.30. The first-order valence-electron chi connectivity index (χ1n) is 6.91. The highest BCUT2D eigenvalue weighted by Gasteiger charge is 2.30. The summed E-state index contributed by atoms with van der Waals surface area (Å²) >= 11 is 0. The Kier molecular flexibility index (Phi) is 3.64. The molecule has 1 aliphatic heterocycles. The van der Waals surface area contributed by atoms with Gasteiger partial charge in [-0.25, -0.2) is 0 Å². The van der Waals surface area contributed by atoms with Crippen LogP contribution in [-0.2, 0) is 11.3 Å². The fourth-order valence-electron chi connectivity index (χ4n) is 3.25. The molecular weight excluding hydrogens is 226 g/mol. The largest absolute Gasteiger partial charge is 0.396 e. The number of rotatable bonds is 3. The Hall–Kier alpha value is -0.900. The van der Waals surface area contributed by atoms with Crippen molar-refractivity contribution >= 4 is 0 Å². The van der Waals surface area contributed by atoms with Crippen LogP contribution in [0.2, 0.25) is 0 Å². The first-order valence-corrected chi connectivity index (χ1v) is 6.91. The molecule has 3 unspecified atom stereocenters. The van der Waals surface area contributed by atoms with Crippen LogP contribution in [0, 0.1) is 5.92 Å². The van der Waals surface area contributed by atoms with Crippen LogP contribution in [0.4, 0.5) is 0 Å². The van der Waals surface area contributed by atoms with Crippen molar-refractivity contribution < 1.29 is 9.84 Å². The van der Waals surface area contributed by atoms with E-state index in [1.807, 2.05) is 0 Å². The Bertz CT molecular complexity index is 407. The molecule has 2 aliphatic rings. The second-order valence-corrected chi connectivity index (χ2v) is 5.41. The number of aliphatic hydroxyl groups excluding tert-OH is 1. The van der Waals surface area contributed by atoms with Crippen LogP contribution < -0.4 is 5.32 Å². The van der Waals surface area contributed by atoms with Crippen LogP contribution in [-0.4, -0.2) is 24.4 Å². The van der Waals surface area contributed by atoms with Gasteiger partial charge in [-0.05, 0) is 29.9 Å². The van der Waals surface area contributed by atoms with Crippen LogP contribution in [0.1, 0.15) is 36.4 Å². The van der Waals surface area contributed by atoms with E-state index in [0.29, 0.717) is 18.6 Å². The predicted molar refractivity (Wildman–Crippen MR) is 70.2 cm³/mol. The van der Waals surface area contributed by atoms with Crippen molar-refractivity contribution in [3.63, 3.8) is 0 Å². The second kappa shape index (κ2) is 5.39.